The molecule has 19 heavy (non-hydrogen) atoms. The summed E-state index contributed by atoms with van der Waals surface area (Å²) in [5.41, 5.74) is 2.55. The lowest BCUT2D eigenvalue weighted by atomic mass is 9.93. The monoisotopic (exact) mass is 263 g/mol. The number of carbonyl (C=O) groups excluding carboxylic acids is 1. The zero-order valence-electron chi connectivity index (χ0n) is 12.3. The summed E-state index contributed by atoms with van der Waals surface area (Å²) in [4.78, 5) is 14.5. The van der Waals surface area contributed by atoms with Crippen molar-refractivity contribution in [3.05, 3.63) is 11.3 Å². The quantitative estimate of drug-likeness (QED) is 0.778. The maximum absolute atomic E-state index is 12.2. The molecule has 3 aliphatic rings. The number of hydrogen-bond acceptors (Lipinski definition) is 3. The maximum atomic E-state index is 12.2. The molecule has 0 aromatic heterocycles. The Bertz CT molecular complexity index is 438. The Morgan fingerprint density at radius 3 is 2.79 bits per heavy atom. The fourth-order valence-corrected chi connectivity index (χ4v) is 4.39. The number of aliphatic hydroxyl groups is 1. The number of rotatable bonds is 2. The number of allylic oxidation sites excluding steroid dienone is 2. The Hall–Kier alpha value is -0.830. The molecule has 2 aliphatic carbocycles. The Morgan fingerprint density at radius 2 is 2.16 bits per heavy atom. The minimum absolute atomic E-state index is 0.205. The van der Waals surface area contributed by atoms with Crippen LogP contribution in [-0.2, 0) is 4.79 Å². The van der Waals surface area contributed by atoms with Gasteiger partial charge in [-0.05, 0) is 43.4 Å². The molecule has 0 amide bonds. The second kappa shape index (κ2) is 4.34. The lowest BCUT2D eigenvalue weighted by Crippen LogP contribution is -2.41. The van der Waals surface area contributed by atoms with E-state index in [1.807, 2.05) is 0 Å². The van der Waals surface area contributed by atoms with Crippen LogP contribution in [0.5, 0.6) is 0 Å². The summed E-state index contributed by atoms with van der Waals surface area (Å²) in [6.45, 7) is 7.85. The molecular weight excluding hydrogens is 238 g/mol. The first-order chi connectivity index (χ1) is 8.98. The molecule has 0 radical (unpaired) electrons. The lowest BCUT2D eigenvalue weighted by molar-refractivity contribution is -0.115. The van der Waals surface area contributed by atoms with E-state index in [1.165, 1.54) is 12.8 Å². The van der Waals surface area contributed by atoms with E-state index in [9.17, 15) is 9.90 Å². The fraction of sp³-hybridized carbons (Fsp3) is 0.812. The maximum Gasteiger partial charge on any atom is 0.161 e. The molecule has 1 heterocycles. The van der Waals surface area contributed by atoms with Crippen molar-refractivity contribution in [1.29, 1.82) is 0 Å². The third-order valence-electron chi connectivity index (χ3n) is 5.73. The van der Waals surface area contributed by atoms with Crippen molar-refractivity contribution in [3.63, 3.8) is 0 Å². The zero-order chi connectivity index (χ0) is 13.8. The SMILES string of the molecule is CC(=C1C(=O)C[C@H]2[C@@H]1C2(C)C)N1CCCCC1CO. The van der Waals surface area contributed by atoms with Gasteiger partial charge < -0.3 is 10.0 Å². The molecule has 3 fully saturated rings. The molecule has 0 aromatic carbocycles. The van der Waals surface area contributed by atoms with Gasteiger partial charge in [0, 0.05) is 24.2 Å². The number of likely N-dealkylation sites (tertiary alicyclic amines) is 1. The van der Waals surface area contributed by atoms with Crippen LogP contribution in [-0.4, -0.2) is 35.0 Å². The first-order valence-electron chi connectivity index (χ1n) is 7.60. The summed E-state index contributed by atoms with van der Waals surface area (Å²) in [5.74, 6) is 1.40. The van der Waals surface area contributed by atoms with Crippen molar-refractivity contribution in [2.75, 3.05) is 13.2 Å². The third kappa shape index (κ3) is 1.85. The molecule has 1 N–H and O–H groups in total. The number of nitrogens with zero attached hydrogens (tertiary/aromatic N) is 1. The van der Waals surface area contributed by atoms with Crippen LogP contribution >= 0.6 is 0 Å². The zero-order valence-corrected chi connectivity index (χ0v) is 12.3. The summed E-state index contributed by atoms with van der Waals surface area (Å²) in [5, 5.41) is 9.55. The topological polar surface area (TPSA) is 40.5 Å². The molecule has 0 spiro atoms. The van der Waals surface area contributed by atoms with Crippen LogP contribution in [0, 0.1) is 17.3 Å². The van der Waals surface area contributed by atoms with Crippen molar-refractivity contribution >= 4 is 5.78 Å². The molecule has 3 nitrogen and oxygen atoms in total. The van der Waals surface area contributed by atoms with E-state index < -0.39 is 0 Å². The van der Waals surface area contributed by atoms with Gasteiger partial charge in [0.15, 0.2) is 5.78 Å². The van der Waals surface area contributed by atoms with Crippen LogP contribution in [0.25, 0.3) is 0 Å². The summed E-state index contributed by atoms with van der Waals surface area (Å²) >= 11 is 0. The van der Waals surface area contributed by atoms with E-state index in [2.05, 4.69) is 25.7 Å². The number of ketones is 1. The van der Waals surface area contributed by atoms with Crippen LogP contribution in [0.4, 0.5) is 0 Å². The van der Waals surface area contributed by atoms with Gasteiger partial charge in [0.1, 0.15) is 0 Å². The normalized spacial score (nSPS) is 39.3. The van der Waals surface area contributed by atoms with Crippen LogP contribution in [0.2, 0.25) is 0 Å². The van der Waals surface area contributed by atoms with Gasteiger partial charge >= 0.3 is 0 Å². The molecule has 106 valence electrons. The first kappa shape index (κ1) is 13.2. The van der Waals surface area contributed by atoms with E-state index in [-0.39, 0.29) is 12.6 Å². The average molecular weight is 263 g/mol. The molecule has 1 saturated heterocycles. The predicted octanol–water partition coefficient (Wildman–Crippen LogP) is 2.35. The number of piperidine rings is 1. The smallest absolute Gasteiger partial charge is 0.161 e. The fourth-order valence-electron chi connectivity index (χ4n) is 4.39. The number of Topliss-reactive ketones (excluding diaryl/α,β-unsaturated/α-hetero) is 1. The second-order valence-electron chi connectivity index (χ2n) is 7.06. The minimum atomic E-state index is 0.205. The molecule has 3 heteroatoms. The number of fused-ring (bicyclic) bond motifs is 1. The Morgan fingerprint density at radius 1 is 1.42 bits per heavy atom. The molecule has 1 unspecified atom stereocenters. The predicted molar refractivity (Wildman–Crippen MR) is 74.5 cm³/mol. The van der Waals surface area contributed by atoms with Gasteiger partial charge in [-0.15, -0.1) is 0 Å². The van der Waals surface area contributed by atoms with Crippen molar-refractivity contribution in [3.8, 4) is 0 Å². The highest BCUT2D eigenvalue weighted by atomic mass is 16.3. The van der Waals surface area contributed by atoms with Crippen molar-refractivity contribution in [1.82, 2.24) is 4.90 Å². The van der Waals surface area contributed by atoms with Crippen LogP contribution in [0.3, 0.4) is 0 Å². The van der Waals surface area contributed by atoms with Gasteiger partial charge in [-0.3, -0.25) is 4.79 Å². The van der Waals surface area contributed by atoms with Gasteiger partial charge in [0.2, 0.25) is 0 Å². The third-order valence-corrected chi connectivity index (χ3v) is 5.73. The van der Waals surface area contributed by atoms with Gasteiger partial charge in [-0.2, -0.15) is 0 Å². The van der Waals surface area contributed by atoms with Crippen molar-refractivity contribution in [2.45, 2.75) is 52.5 Å². The average Bonchev–Trinajstić information content (AvgIpc) is 2.74. The lowest BCUT2D eigenvalue weighted by Gasteiger charge is -2.38. The highest BCUT2D eigenvalue weighted by Crippen LogP contribution is 2.68. The Balaban J connectivity index is 1.90. The van der Waals surface area contributed by atoms with E-state index in [0.29, 0.717) is 23.0 Å². The first-order valence-corrected chi connectivity index (χ1v) is 7.60. The van der Waals surface area contributed by atoms with Crippen LogP contribution < -0.4 is 0 Å². The minimum Gasteiger partial charge on any atom is -0.394 e. The summed E-state index contributed by atoms with van der Waals surface area (Å²) in [6.07, 6.45) is 4.15. The molecule has 3 rings (SSSR count). The summed E-state index contributed by atoms with van der Waals surface area (Å²) in [6, 6.07) is 0.218. The Kier molecular flexibility index (Phi) is 3.01. The number of carbonyl (C=O) groups is 1. The highest BCUT2D eigenvalue weighted by molar-refractivity contribution is 6.01. The van der Waals surface area contributed by atoms with Crippen molar-refractivity contribution < 1.29 is 9.90 Å². The van der Waals surface area contributed by atoms with Crippen molar-refractivity contribution in [2.24, 2.45) is 17.3 Å². The van der Waals surface area contributed by atoms with E-state index in [4.69, 9.17) is 0 Å². The molecule has 3 atom stereocenters. The number of aliphatic hydroxyl groups excluding tert-OH is 1. The molecular formula is C16H25NO2. The highest BCUT2D eigenvalue weighted by Gasteiger charge is 2.65. The largest absolute Gasteiger partial charge is 0.394 e. The van der Waals surface area contributed by atoms with Gasteiger partial charge in [-0.25, -0.2) is 0 Å². The standard InChI is InChI=1S/C16H25NO2/c1-10(17-7-5-4-6-11(17)9-18)14-13(19)8-12-15(14)16(12,2)3/h11-12,15,18H,4-9H2,1-3H3/t11?,12-,15-/m0/s1. The van der Waals surface area contributed by atoms with Crippen LogP contribution in [0.1, 0.15) is 46.5 Å². The molecule has 0 aromatic rings. The van der Waals surface area contributed by atoms with Gasteiger partial charge in [-0.1, -0.05) is 13.8 Å². The van der Waals surface area contributed by atoms with Crippen LogP contribution in [0.15, 0.2) is 11.3 Å². The van der Waals surface area contributed by atoms with Gasteiger partial charge in [0.25, 0.3) is 0 Å². The summed E-state index contributed by atoms with van der Waals surface area (Å²) < 4.78 is 0. The number of hydrogen-bond donors (Lipinski definition) is 1. The molecule has 0 bridgehead atoms. The van der Waals surface area contributed by atoms with E-state index in [1.54, 1.807) is 0 Å². The van der Waals surface area contributed by atoms with E-state index in [0.717, 1.165) is 30.7 Å². The van der Waals surface area contributed by atoms with Gasteiger partial charge in [0.05, 0.1) is 12.6 Å². The second-order valence-corrected chi connectivity index (χ2v) is 7.06. The molecule has 2 saturated carbocycles. The van der Waals surface area contributed by atoms with E-state index >= 15 is 0 Å². The molecule has 1 aliphatic heterocycles. The summed E-state index contributed by atoms with van der Waals surface area (Å²) in [7, 11) is 0. The Labute approximate surface area is 115 Å².